The molecule has 0 amide bonds. The van der Waals surface area contributed by atoms with Crippen LogP contribution in [0.25, 0.3) is 4.96 Å². The fourth-order valence-corrected chi connectivity index (χ4v) is 2.83. The molecule has 6 nitrogen and oxygen atoms in total. The minimum absolute atomic E-state index is 0. The van der Waals surface area contributed by atoms with Gasteiger partial charge in [-0.2, -0.15) is 0 Å². The van der Waals surface area contributed by atoms with Crippen LogP contribution in [0.3, 0.4) is 0 Å². The highest BCUT2D eigenvalue weighted by Gasteiger charge is 2.04. The van der Waals surface area contributed by atoms with Gasteiger partial charge in [-0.15, -0.1) is 35.3 Å². The zero-order valence-electron chi connectivity index (χ0n) is 12.8. The van der Waals surface area contributed by atoms with Crippen molar-refractivity contribution in [2.24, 2.45) is 4.99 Å². The third-order valence-electron chi connectivity index (χ3n) is 3.20. The summed E-state index contributed by atoms with van der Waals surface area (Å²) in [6, 6.07) is 5.95. The number of imidazole rings is 1. The van der Waals surface area contributed by atoms with Crippen LogP contribution in [-0.4, -0.2) is 33.9 Å². The van der Waals surface area contributed by atoms with Gasteiger partial charge in [0, 0.05) is 49.7 Å². The predicted octanol–water partition coefficient (Wildman–Crippen LogP) is 2.32. The molecule has 0 atom stereocenters. The molecule has 0 bridgehead atoms. The lowest BCUT2D eigenvalue weighted by molar-refractivity contribution is 0.778. The maximum Gasteiger partial charge on any atom is 0.193 e. The molecule has 3 rings (SSSR count). The summed E-state index contributed by atoms with van der Waals surface area (Å²) in [6.45, 7) is 1.44. The van der Waals surface area contributed by atoms with Crippen LogP contribution in [0.15, 0.2) is 47.2 Å². The van der Waals surface area contributed by atoms with Crippen LogP contribution in [0.5, 0.6) is 0 Å². The molecule has 3 heterocycles. The van der Waals surface area contributed by atoms with Crippen molar-refractivity contribution in [2.45, 2.75) is 13.0 Å². The second-order valence-electron chi connectivity index (χ2n) is 4.75. The smallest absolute Gasteiger partial charge is 0.193 e. The van der Waals surface area contributed by atoms with Crippen molar-refractivity contribution >= 4 is 46.2 Å². The zero-order valence-corrected chi connectivity index (χ0v) is 15.9. The average molecular weight is 442 g/mol. The maximum absolute atomic E-state index is 4.53. The number of guanidine groups is 1. The molecule has 0 radical (unpaired) electrons. The van der Waals surface area contributed by atoms with Crippen LogP contribution in [0, 0.1) is 0 Å². The Labute approximate surface area is 156 Å². The lowest BCUT2D eigenvalue weighted by Gasteiger charge is -2.10. The highest BCUT2D eigenvalue weighted by molar-refractivity contribution is 14.0. The van der Waals surface area contributed by atoms with Crippen molar-refractivity contribution in [1.82, 2.24) is 25.0 Å². The minimum atomic E-state index is 0. The normalized spacial score (nSPS) is 11.3. The van der Waals surface area contributed by atoms with Gasteiger partial charge in [0.25, 0.3) is 0 Å². The van der Waals surface area contributed by atoms with Crippen LogP contribution < -0.4 is 10.6 Å². The van der Waals surface area contributed by atoms with Gasteiger partial charge in [-0.05, 0) is 12.1 Å². The number of fused-ring (bicyclic) bond motifs is 1. The highest BCUT2D eigenvalue weighted by Crippen LogP contribution is 2.10. The Kier molecular flexibility index (Phi) is 6.78. The van der Waals surface area contributed by atoms with Gasteiger partial charge in [-0.3, -0.25) is 14.4 Å². The van der Waals surface area contributed by atoms with Crippen LogP contribution in [-0.2, 0) is 13.0 Å². The fourth-order valence-electron chi connectivity index (χ4n) is 2.11. The monoisotopic (exact) mass is 442 g/mol. The molecule has 122 valence electrons. The summed E-state index contributed by atoms with van der Waals surface area (Å²) in [5.74, 6) is 0.771. The van der Waals surface area contributed by atoms with Gasteiger partial charge in [0.1, 0.15) is 0 Å². The van der Waals surface area contributed by atoms with E-state index in [1.807, 2.05) is 46.6 Å². The molecule has 8 heteroatoms. The summed E-state index contributed by atoms with van der Waals surface area (Å²) in [7, 11) is 1.77. The minimum Gasteiger partial charge on any atom is -0.356 e. The molecule has 0 saturated heterocycles. The first-order valence-corrected chi connectivity index (χ1v) is 7.98. The Morgan fingerprint density at radius 3 is 2.96 bits per heavy atom. The summed E-state index contributed by atoms with van der Waals surface area (Å²) in [4.78, 5) is 14.1. The van der Waals surface area contributed by atoms with E-state index in [4.69, 9.17) is 0 Å². The Balaban J connectivity index is 0.00000192. The van der Waals surface area contributed by atoms with Crippen molar-refractivity contribution < 1.29 is 0 Å². The standard InChI is InChI=1S/C15H18N6S.HI/c1-16-14(18-7-5-12-4-2-3-6-17-12)19-10-13-11-21-8-9-22-15(21)20-13;/h2-4,6,8-9,11H,5,7,10H2,1H3,(H2,16,18,19);1H. The first kappa shape index (κ1) is 17.7. The molecule has 0 aromatic carbocycles. The first-order chi connectivity index (χ1) is 10.8. The summed E-state index contributed by atoms with van der Waals surface area (Å²) in [5, 5.41) is 8.58. The molecule has 0 aliphatic heterocycles. The molecule has 0 fully saturated rings. The number of pyridine rings is 1. The number of hydrogen-bond acceptors (Lipinski definition) is 4. The lowest BCUT2D eigenvalue weighted by atomic mass is 10.3. The molecular weight excluding hydrogens is 423 g/mol. The third kappa shape index (κ3) is 4.90. The van der Waals surface area contributed by atoms with Gasteiger partial charge in [0.05, 0.1) is 12.2 Å². The first-order valence-electron chi connectivity index (χ1n) is 7.10. The van der Waals surface area contributed by atoms with E-state index in [-0.39, 0.29) is 24.0 Å². The molecule has 3 aromatic heterocycles. The van der Waals surface area contributed by atoms with E-state index in [1.54, 1.807) is 18.4 Å². The Morgan fingerprint density at radius 1 is 1.30 bits per heavy atom. The van der Waals surface area contributed by atoms with Crippen molar-refractivity contribution in [3.63, 3.8) is 0 Å². The highest BCUT2D eigenvalue weighted by atomic mass is 127. The second kappa shape index (κ2) is 8.82. The number of nitrogens with zero attached hydrogens (tertiary/aromatic N) is 4. The van der Waals surface area contributed by atoms with Gasteiger partial charge in [0.2, 0.25) is 0 Å². The Hall–Kier alpha value is -1.68. The molecule has 3 aromatic rings. The summed E-state index contributed by atoms with van der Waals surface area (Å²) >= 11 is 1.63. The lowest BCUT2D eigenvalue weighted by Crippen LogP contribution is -2.38. The number of aromatic nitrogens is 3. The van der Waals surface area contributed by atoms with E-state index < -0.39 is 0 Å². The third-order valence-corrected chi connectivity index (χ3v) is 3.97. The maximum atomic E-state index is 4.53. The second-order valence-corrected chi connectivity index (χ2v) is 5.62. The predicted molar refractivity (Wildman–Crippen MR) is 105 cm³/mol. The van der Waals surface area contributed by atoms with Gasteiger partial charge >= 0.3 is 0 Å². The summed E-state index contributed by atoms with van der Waals surface area (Å²) in [5.41, 5.74) is 2.07. The topological polar surface area (TPSA) is 66.6 Å². The number of aliphatic imine (C=N–C) groups is 1. The molecule has 0 spiro atoms. The summed E-state index contributed by atoms with van der Waals surface area (Å²) in [6.07, 6.45) is 6.71. The van der Waals surface area contributed by atoms with Gasteiger partial charge in [0.15, 0.2) is 10.9 Å². The molecule has 2 N–H and O–H groups in total. The number of halogens is 1. The number of nitrogens with one attached hydrogen (secondary N) is 2. The molecule has 0 aliphatic carbocycles. The van der Waals surface area contributed by atoms with Crippen LogP contribution >= 0.6 is 35.3 Å². The Bertz CT molecular complexity index is 723. The van der Waals surface area contributed by atoms with Crippen molar-refractivity contribution in [3.8, 4) is 0 Å². The van der Waals surface area contributed by atoms with Crippen molar-refractivity contribution in [2.75, 3.05) is 13.6 Å². The Morgan fingerprint density at radius 2 is 2.22 bits per heavy atom. The number of rotatable bonds is 5. The van der Waals surface area contributed by atoms with Gasteiger partial charge < -0.3 is 10.6 Å². The van der Waals surface area contributed by atoms with E-state index in [0.717, 1.165) is 35.3 Å². The van der Waals surface area contributed by atoms with Crippen molar-refractivity contribution in [1.29, 1.82) is 0 Å². The summed E-state index contributed by atoms with van der Waals surface area (Å²) < 4.78 is 2.03. The quantitative estimate of drug-likeness (QED) is 0.362. The molecular formula is C15H19IN6S. The molecule has 0 aliphatic rings. The largest absolute Gasteiger partial charge is 0.356 e. The average Bonchev–Trinajstić information content (AvgIpc) is 3.13. The van der Waals surface area contributed by atoms with Gasteiger partial charge in [-0.1, -0.05) is 6.07 Å². The van der Waals surface area contributed by atoms with Gasteiger partial charge in [-0.25, -0.2) is 4.98 Å². The van der Waals surface area contributed by atoms with Crippen LogP contribution in [0.2, 0.25) is 0 Å². The van der Waals surface area contributed by atoms with Crippen LogP contribution in [0.1, 0.15) is 11.4 Å². The van der Waals surface area contributed by atoms with E-state index in [0.29, 0.717) is 6.54 Å². The van der Waals surface area contributed by atoms with Crippen LogP contribution in [0.4, 0.5) is 0 Å². The zero-order chi connectivity index (χ0) is 15.2. The van der Waals surface area contributed by atoms with E-state index in [2.05, 4.69) is 25.6 Å². The van der Waals surface area contributed by atoms with E-state index >= 15 is 0 Å². The number of hydrogen-bond donors (Lipinski definition) is 2. The molecule has 23 heavy (non-hydrogen) atoms. The molecule has 0 saturated carbocycles. The number of thiazole rings is 1. The van der Waals surface area contributed by atoms with Crippen molar-refractivity contribution in [3.05, 3.63) is 53.6 Å². The van der Waals surface area contributed by atoms with E-state index in [9.17, 15) is 0 Å². The SMILES string of the molecule is CN=C(NCCc1ccccn1)NCc1cn2ccsc2n1.I. The van der Waals surface area contributed by atoms with E-state index in [1.165, 1.54) is 0 Å². The fraction of sp³-hybridized carbons (Fsp3) is 0.267. The molecule has 0 unspecified atom stereocenters.